The lowest BCUT2D eigenvalue weighted by atomic mass is 9.95. The predicted molar refractivity (Wildman–Crippen MR) is 138 cm³/mol. The second-order valence-corrected chi connectivity index (χ2v) is 9.81. The normalized spacial score (nSPS) is 18.1. The molecule has 188 valence electrons. The number of fused-ring (bicyclic) bond motifs is 1. The molecule has 9 heteroatoms. The van der Waals surface area contributed by atoms with E-state index in [0.29, 0.717) is 32.1 Å². The van der Waals surface area contributed by atoms with Gasteiger partial charge in [-0.3, -0.25) is 9.36 Å². The third kappa shape index (κ3) is 4.51. The van der Waals surface area contributed by atoms with Gasteiger partial charge in [0.15, 0.2) is 10.7 Å². The molecule has 0 amide bonds. The van der Waals surface area contributed by atoms with Crippen molar-refractivity contribution >= 4 is 29.3 Å². The van der Waals surface area contributed by atoms with Gasteiger partial charge in [0.25, 0.3) is 5.56 Å². The third-order valence-corrected chi connectivity index (χ3v) is 7.46. The molecular weight excluding hydrogens is 478 g/mol. The average Bonchev–Trinajstić information content (AvgIpc) is 3.48. The summed E-state index contributed by atoms with van der Waals surface area (Å²) in [6.07, 6.45) is 5.30. The van der Waals surface area contributed by atoms with Gasteiger partial charge in [-0.25, -0.2) is 9.79 Å². The molecule has 1 aromatic carbocycles. The molecule has 36 heavy (non-hydrogen) atoms. The van der Waals surface area contributed by atoms with Gasteiger partial charge in [0.1, 0.15) is 11.5 Å². The molecule has 0 radical (unpaired) electrons. The lowest BCUT2D eigenvalue weighted by Gasteiger charge is -2.25. The number of anilines is 1. The molecule has 0 N–H and O–H groups in total. The van der Waals surface area contributed by atoms with Gasteiger partial charge in [0.05, 0.1) is 35.6 Å². The SMILES string of the molecule is CCOC(=O)C1=C(C)N=c2sc(=Cc3ccc(N4CCCCC4)o3)c(=O)n2[C@@H]1c1cccc(OC)c1. The number of esters is 1. The number of piperidine rings is 1. The molecule has 0 saturated carbocycles. The van der Waals surface area contributed by atoms with Crippen molar-refractivity contribution in [2.24, 2.45) is 4.99 Å². The second-order valence-electron chi connectivity index (χ2n) is 8.80. The number of carbonyl (C=O) groups is 1. The predicted octanol–water partition coefficient (Wildman–Crippen LogP) is 3.39. The molecule has 1 fully saturated rings. The number of methoxy groups -OCH3 is 1. The number of hydrogen-bond donors (Lipinski definition) is 0. The molecule has 2 aliphatic rings. The van der Waals surface area contributed by atoms with E-state index in [1.807, 2.05) is 36.4 Å². The Kier molecular flexibility index (Phi) is 6.82. The number of aromatic nitrogens is 1. The van der Waals surface area contributed by atoms with Crippen molar-refractivity contribution in [3.8, 4) is 5.75 Å². The number of nitrogens with zero attached hydrogens (tertiary/aromatic N) is 3. The monoisotopic (exact) mass is 507 g/mol. The van der Waals surface area contributed by atoms with Crippen LogP contribution in [-0.4, -0.2) is 37.3 Å². The van der Waals surface area contributed by atoms with Crippen LogP contribution in [0.3, 0.4) is 0 Å². The number of furan rings is 1. The van der Waals surface area contributed by atoms with Gasteiger partial charge in [-0.1, -0.05) is 23.5 Å². The third-order valence-electron chi connectivity index (χ3n) is 6.48. The summed E-state index contributed by atoms with van der Waals surface area (Å²) in [5.41, 5.74) is 1.37. The first-order chi connectivity index (χ1) is 17.5. The van der Waals surface area contributed by atoms with Crippen molar-refractivity contribution in [2.45, 2.75) is 39.2 Å². The van der Waals surface area contributed by atoms with E-state index in [1.54, 1.807) is 31.6 Å². The Labute approximate surface area is 212 Å². The molecule has 4 heterocycles. The summed E-state index contributed by atoms with van der Waals surface area (Å²) in [5, 5.41) is 0. The highest BCUT2D eigenvalue weighted by molar-refractivity contribution is 7.07. The number of hydrogen-bond acceptors (Lipinski definition) is 8. The van der Waals surface area contributed by atoms with E-state index in [-0.39, 0.29) is 12.2 Å². The van der Waals surface area contributed by atoms with Crippen LogP contribution in [0.25, 0.3) is 6.08 Å². The molecule has 0 spiro atoms. The maximum Gasteiger partial charge on any atom is 0.338 e. The van der Waals surface area contributed by atoms with Gasteiger partial charge in [-0.05, 0) is 56.9 Å². The van der Waals surface area contributed by atoms with E-state index in [9.17, 15) is 9.59 Å². The molecule has 1 saturated heterocycles. The Morgan fingerprint density at radius 2 is 2.03 bits per heavy atom. The van der Waals surface area contributed by atoms with Crippen LogP contribution in [0.1, 0.15) is 50.5 Å². The van der Waals surface area contributed by atoms with E-state index < -0.39 is 12.0 Å². The van der Waals surface area contributed by atoms with Gasteiger partial charge in [-0.2, -0.15) is 0 Å². The number of allylic oxidation sites excluding steroid dienone is 1. The first-order valence-corrected chi connectivity index (χ1v) is 13.0. The van der Waals surface area contributed by atoms with Crippen LogP contribution in [0.2, 0.25) is 0 Å². The lowest BCUT2D eigenvalue weighted by molar-refractivity contribution is -0.139. The maximum absolute atomic E-state index is 13.7. The molecule has 1 atom stereocenters. The van der Waals surface area contributed by atoms with Crippen LogP contribution >= 0.6 is 11.3 Å². The molecule has 3 aromatic rings. The zero-order valence-corrected chi connectivity index (χ0v) is 21.5. The molecule has 8 nitrogen and oxygen atoms in total. The fourth-order valence-electron chi connectivity index (χ4n) is 4.75. The van der Waals surface area contributed by atoms with Crippen molar-refractivity contribution in [2.75, 3.05) is 31.7 Å². The number of carbonyl (C=O) groups excluding carboxylic acids is 1. The van der Waals surface area contributed by atoms with E-state index >= 15 is 0 Å². The minimum Gasteiger partial charge on any atom is -0.497 e. The quantitative estimate of drug-likeness (QED) is 0.476. The molecule has 2 aromatic heterocycles. The molecule has 0 bridgehead atoms. The van der Waals surface area contributed by atoms with E-state index in [2.05, 4.69) is 9.89 Å². The van der Waals surface area contributed by atoms with Crippen molar-refractivity contribution in [1.82, 2.24) is 4.57 Å². The molecular formula is C27H29N3O5S. The van der Waals surface area contributed by atoms with Gasteiger partial charge < -0.3 is 18.8 Å². The van der Waals surface area contributed by atoms with Gasteiger partial charge in [0, 0.05) is 25.2 Å². The minimum atomic E-state index is -0.682. The summed E-state index contributed by atoms with van der Waals surface area (Å²) in [7, 11) is 1.58. The summed E-state index contributed by atoms with van der Waals surface area (Å²) in [4.78, 5) is 34.1. The fraction of sp³-hybridized carbons (Fsp3) is 0.370. The smallest absolute Gasteiger partial charge is 0.338 e. The maximum atomic E-state index is 13.7. The fourth-order valence-corrected chi connectivity index (χ4v) is 5.78. The molecule has 0 unspecified atom stereocenters. The van der Waals surface area contributed by atoms with Crippen LogP contribution in [0.15, 0.2) is 61.9 Å². The van der Waals surface area contributed by atoms with Crippen molar-refractivity contribution in [1.29, 1.82) is 0 Å². The summed E-state index contributed by atoms with van der Waals surface area (Å²) < 4.78 is 18.9. The Morgan fingerprint density at radius 1 is 1.22 bits per heavy atom. The Hall–Kier alpha value is -3.59. The van der Waals surface area contributed by atoms with E-state index in [1.165, 1.54) is 17.8 Å². The highest BCUT2D eigenvalue weighted by Crippen LogP contribution is 2.32. The Balaban J connectivity index is 1.62. The van der Waals surface area contributed by atoms with Gasteiger partial charge in [0.2, 0.25) is 0 Å². The largest absolute Gasteiger partial charge is 0.497 e. The lowest BCUT2D eigenvalue weighted by Crippen LogP contribution is -2.39. The Bertz CT molecular complexity index is 1490. The summed E-state index contributed by atoms with van der Waals surface area (Å²) in [5.74, 6) is 1.58. The zero-order chi connectivity index (χ0) is 25.2. The summed E-state index contributed by atoms with van der Waals surface area (Å²) in [6.45, 7) is 5.71. The average molecular weight is 508 g/mol. The van der Waals surface area contributed by atoms with Crippen molar-refractivity contribution in [3.63, 3.8) is 0 Å². The van der Waals surface area contributed by atoms with Crippen LogP contribution in [0.5, 0.6) is 5.75 Å². The first kappa shape index (κ1) is 24.1. The highest BCUT2D eigenvalue weighted by atomic mass is 32.1. The van der Waals surface area contributed by atoms with Crippen LogP contribution in [0, 0.1) is 0 Å². The van der Waals surface area contributed by atoms with E-state index in [4.69, 9.17) is 13.9 Å². The van der Waals surface area contributed by atoms with Crippen molar-refractivity contribution < 1.29 is 18.7 Å². The van der Waals surface area contributed by atoms with E-state index in [0.717, 1.165) is 37.4 Å². The van der Waals surface area contributed by atoms with Crippen LogP contribution in [0.4, 0.5) is 5.88 Å². The molecule has 2 aliphatic heterocycles. The van der Waals surface area contributed by atoms with Crippen LogP contribution < -0.4 is 24.5 Å². The zero-order valence-electron chi connectivity index (χ0n) is 20.7. The van der Waals surface area contributed by atoms with Gasteiger partial charge >= 0.3 is 5.97 Å². The first-order valence-electron chi connectivity index (χ1n) is 12.2. The number of rotatable bonds is 6. The number of ether oxygens (including phenoxy) is 2. The molecule has 5 rings (SSSR count). The highest BCUT2D eigenvalue weighted by Gasteiger charge is 2.33. The summed E-state index contributed by atoms with van der Waals surface area (Å²) in [6, 6.07) is 10.5. The minimum absolute atomic E-state index is 0.225. The van der Waals surface area contributed by atoms with Gasteiger partial charge in [-0.15, -0.1) is 0 Å². The molecule has 0 aliphatic carbocycles. The second kappa shape index (κ2) is 10.2. The summed E-state index contributed by atoms with van der Waals surface area (Å²) >= 11 is 1.28. The Morgan fingerprint density at radius 3 is 2.78 bits per heavy atom. The number of benzene rings is 1. The number of thiazole rings is 1. The topological polar surface area (TPSA) is 86.3 Å². The van der Waals surface area contributed by atoms with Crippen molar-refractivity contribution in [3.05, 3.63) is 78.7 Å². The standard InChI is InChI=1S/C27H29N3O5S/c1-4-34-26(32)23-17(2)28-27-30(24(23)18-9-8-10-19(15-18)33-3)25(31)21(36-27)16-20-11-12-22(35-20)29-13-6-5-7-14-29/h8-12,15-16,24H,4-7,13-14H2,1-3H3/t24-/m1/s1. The van der Waals surface area contributed by atoms with Crippen LogP contribution in [-0.2, 0) is 9.53 Å².